The third kappa shape index (κ3) is 3.30. The molecule has 0 aliphatic carbocycles. The molecule has 0 unspecified atom stereocenters. The van der Waals surface area contributed by atoms with Crippen molar-refractivity contribution in [3.63, 3.8) is 0 Å². The number of carbonyl (C=O) groups is 1. The first-order valence-corrected chi connectivity index (χ1v) is 8.85. The normalized spacial score (nSPS) is 19.6. The van der Waals surface area contributed by atoms with Gasteiger partial charge in [-0.15, -0.1) is 0 Å². The van der Waals surface area contributed by atoms with Crippen LogP contribution in [0.15, 0.2) is 54.9 Å². The summed E-state index contributed by atoms with van der Waals surface area (Å²) in [5, 5.41) is 4.30. The first kappa shape index (κ1) is 16.7. The number of fused-ring (bicyclic) bond motifs is 1. The minimum absolute atomic E-state index is 0.00552. The van der Waals surface area contributed by atoms with Gasteiger partial charge in [-0.1, -0.05) is 18.2 Å². The van der Waals surface area contributed by atoms with Gasteiger partial charge in [0.05, 0.1) is 30.3 Å². The molecule has 26 heavy (non-hydrogen) atoms. The second-order valence-electron chi connectivity index (χ2n) is 6.71. The number of hydrogen-bond acceptors (Lipinski definition) is 4. The Morgan fingerprint density at radius 2 is 2.00 bits per heavy atom. The summed E-state index contributed by atoms with van der Waals surface area (Å²) in [6.45, 7) is 3.03. The minimum Gasteiger partial charge on any atom is -0.379 e. The standard InChI is InChI=1S/C21H21N3O2/c1-14-17(6-4-9-22-14)21(25)24-20-13-26-12-16(20)11-15-8-10-23-19-7-3-2-5-18(15)19/h2-10,16,20H,11-13H2,1H3,(H,24,25)/t16-,20-/m1/s1. The highest BCUT2D eigenvalue weighted by molar-refractivity contribution is 5.95. The van der Waals surface area contributed by atoms with E-state index in [-0.39, 0.29) is 17.9 Å². The van der Waals surface area contributed by atoms with Gasteiger partial charge in [-0.3, -0.25) is 14.8 Å². The molecule has 132 valence electrons. The Kier molecular flexibility index (Phi) is 4.63. The molecule has 0 saturated carbocycles. The zero-order valence-electron chi connectivity index (χ0n) is 14.7. The summed E-state index contributed by atoms with van der Waals surface area (Å²) >= 11 is 0. The summed E-state index contributed by atoms with van der Waals surface area (Å²) in [5.74, 6) is 0.150. The fourth-order valence-corrected chi connectivity index (χ4v) is 3.55. The fourth-order valence-electron chi connectivity index (χ4n) is 3.55. The minimum atomic E-state index is -0.0873. The second-order valence-corrected chi connectivity index (χ2v) is 6.71. The number of benzene rings is 1. The molecule has 1 fully saturated rings. The maximum Gasteiger partial charge on any atom is 0.253 e. The molecular formula is C21H21N3O2. The van der Waals surface area contributed by atoms with E-state index in [9.17, 15) is 4.79 Å². The molecule has 1 saturated heterocycles. The number of ether oxygens (including phenoxy) is 1. The maximum atomic E-state index is 12.6. The summed E-state index contributed by atoms with van der Waals surface area (Å²) in [5.41, 5.74) is 3.59. The van der Waals surface area contributed by atoms with Crippen molar-refractivity contribution in [3.8, 4) is 0 Å². The van der Waals surface area contributed by atoms with Crippen LogP contribution < -0.4 is 5.32 Å². The molecule has 0 spiro atoms. The molecule has 3 aromatic rings. The lowest BCUT2D eigenvalue weighted by atomic mass is 9.93. The number of amides is 1. The predicted octanol–water partition coefficient (Wildman–Crippen LogP) is 2.93. The van der Waals surface area contributed by atoms with Crippen molar-refractivity contribution in [1.29, 1.82) is 0 Å². The van der Waals surface area contributed by atoms with Crippen molar-refractivity contribution in [2.24, 2.45) is 5.92 Å². The van der Waals surface area contributed by atoms with Crippen LogP contribution >= 0.6 is 0 Å². The number of nitrogens with zero attached hydrogens (tertiary/aromatic N) is 2. The van der Waals surface area contributed by atoms with Gasteiger partial charge < -0.3 is 10.1 Å². The molecular weight excluding hydrogens is 326 g/mol. The van der Waals surface area contributed by atoms with Crippen LogP contribution in [0.4, 0.5) is 0 Å². The van der Waals surface area contributed by atoms with Crippen LogP contribution in [0.1, 0.15) is 21.6 Å². The van der Waals surface area contributed by atoms with Crippen LogP contribution in [-0.4, -0.2) is 35.1 Å². The molecule has 1 aliphatic rings. The van der Waals surface area contributed by atoms with E-state index in [0.29, 0.717) is 18.8 Å². The van der Waals surface area contributed by atoms with Crippen LogP contribution in [0, 0.1) is 12.8 Å². The topological polar surface area (TPSA) is 64.1 Å². The molecule has 3 heterocycles. The lowest BCUT2D eigenvalue weighted by Crippen LogP contribution is -2.41. The largest absolute Gasteiger partial charge is 0.379 e. The van der Waals surface area contributed by atoms with E-state index in [4.69, 9.17) is 4.74 Å². The smallest absolute Gasteiger partial charge is 0.253 e. The molecule has 0 radical (unpaired) electrons. The second kappa shape index (κ2) is 7.22. The monoisotopic (exact) mass is 347 g/mol. The highest BCUT2D eigenvalue weighted by atomic mass is 16.5. The molecule has 0 bridgehead atoms. The van der Waals surface area contributed by atoms with Gasteiger partial charge in [0.1, 0.15) is 0 Å². The number of aryl methyl sites for hydroxylation is 1. The Bertz CT molecular complexity index is 936. The van der Waals surface area contributed by atoms with E-state index >= 15 is 0 Å². The summed E-state index contributed by atoms with van der Waals surface area (Å²) in [4.78, 5) is 21.2. The lowest BCUT2D eigenvalue weighted by Gasteiger charge is -2.20. The Morgan fingerprint density at radius 3 is 2.88 bits per heavy atom. The number of rotatable bonds is 4. The van der Waals surface area contributed by atoms with Crippen molar-refractivity contribution in [1.82, 2.24) is 15.3 Å². The van der Waals surface area contributed by atoms with E-state index in [1.165, 1.54) is 5.56 Å². The first-order valence-electron chi connectivity index (χ1n) is 8.85. The SMILES string of the molecule is Cc1ncccc1C(=O)N[C@@H]1COC[C@H]1Cc1ccnc2ccccc12. The first-order chi connectivity index (χ1) is 12.7. The van der Waals surface area contributed by atoms with Crippen molar-refractivity contribution in [2.45, 2.75) is 19.4 Å². The number of carbonyl (C=O) groups excluding carboxylic acids is 1. The molecule has 2 atom stereocenters. The zero-order valence-corrected chi connectivity index (χ0v) is 14.7. The highest BCUT2D eigenvalue weighted by Gasteiger charge is 2.30. The molecule has 1 aromatic carbocycles. The predicted molar refractivity (Wildman–Crippen MR) is 100.0 cm³/mol. The fraction of sp³-hybridized carbons (Fsp3) is 0.286. The van der Waals surface area contributed by atoms with Crippen LogP contribution in [0.2, 0.25) is 0 Å². The van der Waals surface area contributed by atoms with Gasteiger partial charge in [-0.25, -0.2) is 0 Å². The summed E-state index contributed by atoms with van der Waals surface area (Å²) in [6, 6.07) is 13.8. The van der Waals surface area contributed by atoms with Crippen molar-refractivity contribution < 1.29 is 9.53 Å². The Hall–Kier alpha value is -2.79. The average Bonchev–Trinajstić information content (AvgIpc) is 3.09. The lowest BCUT2D eigenvalue weighted by molar-refractivity contribution is 0.0924. The van der Waals surface area contributed by atoms with Crippen molar-refractivity contribution in [3.05, 3.63) is 71.7 Å². The van der Waals surface area contributed by atoms with E-state index in [2.05, 4.69) is 27.4 Å². The van der Waals surface area contributed by atoms with E-state index in [1.54, 1.807) is 18.3 Å². The molecule has 2 aromatic heterocycles. The van der Waals surface area contributed by atoms with Gasteiger partial charge in [0.15, 0.2) is 0 Å². The van der Waals surface area contributed by atoms with Gasteiger partial charge >= 0.3 is 0 Å². The van der Waals surface area contributed by atoms with E-state index < -0.39 is 0 Å². The maximum absolute atomic E-state index is 12.6. The quantitative estimate of drug-likeness (QED) is 0.788. The molecule has 5 nitrogen and oxygen atoms in total. The van der Waals surface area contributed by atoms with Crippen LogP contribution in [-0.2, 0) is 11.2 Å². The molecule has 1 amide bonds. The third-order valence-electron chi connectivity index (χ3n) is 4.99. The molecule has 1 N–H and O–H groups in total. The van der Waals surface area contributed by atoms with Crippen molar-refractivity contribution >= 4 is 16.8 Å². The van der Waals surface area contributed by atoms with Gasteiger partial charge in [0.25, 0.3) is 5.91 Å². The summed E-state index contributed by atoms with van der Waals surface area (Å²) < 4.78 is 5.68. The van der Waals surface area contributed by atoms with E-state index in [1.807, 2.05) is 31.3 Å². The van der Waals surface area contributed by atoms with Gasteiger partial charge in [-0.2, -0.15) is 0 Å². The van der Waals surface area contributed by atoms with E-state index in [0.717, 1.165) is 23.0 Å². The van der Waals surface area contributed by atoms with Crippen LogP contribution in [0.25, 0.3) is 10.9 Å². The molecule has 1 aliphatic heterocycles. The number of nitrogens with one attached hydrogen (secondary N) is 1. The number of para-hydroxylation sites is 1. The average molecular weight is 347 g/mol. The Balaban J connectivity index is 1.52. The van der Waals surface area contributed by atoms with Crippen LogP contribution in [0.3, 0.4) is 0 Å². The van der Waals surface area contributed by atoms with Crippen molar-refractivity contribution in [2.75, 3.05) is 13.2 Å². The molecule has 4 rings (SSSR count). The van der Waals surface area contributed by atoms with Gasteiger partial charge in [0.2, 0.25) is 0 Å². The Labute approximate surface area is 152 Å². The Morgan fingerprint density at radius 1 is 1.12 bits per heavy atom. The highest BCUT2D eigenvalue weighted by Crippen LogP contribution is 2.24. The number of pyridine rings is 2. The van der Waals surface area contributed by atoms with Crippen LogP contribution in [0.5, 0.6) is 0 Å². The zero-order chi connectivity index (χ0) is 17.9. The number of aromatic nitrogens is 2. The third-order valence-corrected chi connectivity index (χ3v) is 4.99. The summed E-state index contributed by atoms with van der Waals surface area (Å²) in [7, 11) is 0. The summed E-state index contributed by atoms with van der Waals surface area (Å²) in [6.07, 6.45) is 4.39. The van der Waals surface area contributed by atoms with Gasteiger partial charge in [-0.05, 0) is 43.2 Å². The van der Waals surface area contributed by atoms with Gasteiger partial charge in [0, 0.05) is 29.4 Å². The number of hydrogen-bond donors (Lipinski definition) is 1. The molecule has 5 heteroatoms.